The molecule has 0 aliphatic heterocycles. The molecule has 0 aliphatic carbocycles. The summed E-state index contributed by atoms with van der Waals surface area (Å²) in [5.74, 6) is 0.248. The van der Waals surface area contributed by atoms with Crippen LogP contribution in [-0.4, -0.2) is 27.3 Å². The molecule has 0 spiro atoms. The summed E-state index contributed by atoms with van der Waals surface area (Å²) in [5, 5.41) is 11.2. The van der Waals surface area contributed by atoms with Crippen LogP contribution in [0.3, 0.4) is 0 Å². The van der Waals surface area contributed by atoms with E-state index in [0.717, 1.165) is 5.56 Å². The molecule has 3 rings (SSSR count). The van der Waals surface area contributed by atoms with Crippen molar-refractivity contribution >= 4 is 23.4 Å². The summed E-state index contributed by atoms with van der Waals surface area (Å²) >= 11 is 1.39. The van der Waals surface area contributed by atoms with Crippen LogP contribution in [0, 0.1) is 0 Å². The normalized spacial score (nSPS) is 10.4. The number of amides is 1. The van der Waals surface area contributed by atoms with Gasteiger partial charge in [0.05, 0.1) is 5.56 Å². The fourth-order valence-electron chi connectivity index (χ4n) is 1.81. The molecule has 3 aromatic rings. The monoisotopic (exact) mass is 312 g/mol. The quantitative estimate of drug-likeness (QED) is 0.746. The minimum Gasteiger partial charge on any atom is -0.411 e. The van der Waals surface area contributed by atoms with Crippen molar-refractivity contribution in [1.82, 2.24) is 15.2 Å². The number of rotatable bonds is 4. The number of aromatic nitrogens is 3. The molecule has 6 nitrogen and oxygen atoms in total. The summed E-state index contributed by atoms with van der Waals surface area (Å²) in [4.78, 5) is 15.9. The van der Waals surface area contributed by atoms with Crippen molar-refractivity contribution in [2.45, 2.75) is 5.22 Å². The van der Waals surface area contributed by atoms with Gasteiger partial charge in [-0.1, -0.05) is 11.8 Å². The Morgan fingerprint density at radius 2 is 2.00 bits per heavy atom. The molecule has 7 heteroatoms. The molecule has 1 N–H and O–H groups in total. The van der Waals surface area contributed by atoms with E-state index >= 15 is 0 Å². The number of pyridine rings is 1. The maximum absolute atomic E-state index is 12.0. The van der Waals surface area contributed by atoms with E-state index in [1.54, 1.807) is 30.5 Å². The average Bonchev–Trinajstić information content (AvgIpc) is 3.05. The molecule has 0 saturated heterocycles. The highest BCUT2D eigenvalue weighted by Crippen LogP contribution is 2.23. The topological polar surface area (TPSA) is 80.9 Å². The summed E-state index contributed by atoms with van der Waals surface area (Å²) in [6.45, 7) is 0. The third-order valence-electron chi connectivity index (χ3n) is 2.89. The lowest BCUT2D eigenvalue weighted by molar-refractivity contribution is 0.102. The van der Waals surface area contributed by atoms with Gasteiger partial charge in [-0.05, 0) is 42.7 Å². The highest BCUT2D eigenvalue weighted by molar-refractivity contribution is 7.98. The Morgan fingerprint density at radius 1 is 1.18 bits per heavy atom. The molecule has 0 aliphatic rings. The molecule has 0 fully saturated rings. The van der Waals surface area contributed by atoms with Crippen LogP contribution in [0.4, 0.5) is 5.69 Å². The van der Waals surface area contributed by atoms with Crippen molar-refractivity contribution in [3.63, 3.8) is 0 Å². The molecule has 110 valence electrons. The van der Waals surface area contributed by atoms with Crippen molar-refractivity contribution in [2.24, 2.45) is 0 Å². The Morgan fingerprint density at radius 3 is 2.64 bits per heavy atom. The fraction of sp³-hybridized carbons (Fsp3) is 0.0667. The number of thioether (sulfide) groups is 1. The second-order valence-electron chi connectivity index (χ2n) is 4.35. The van der Waals surface area contributed by atoms with E-state index in [1.165, 1.54) is 18.0 Å². The van der Waals surface area contributed by atoms with E-state index in [-0.39, 0.29) is 5.91 Å². The summed E-state index contributed by atoms with van der Waals surface area (Å²) in [6, 6.07) is 10.6. The summed E-state index contributed by atoms with van der Waals surface area (Å²) in [7, 11) is 0. The Kier molecular flexibility index (Phi) is 4.15. The largest absolute Gasteiger partial charge is 0.411 e. The van der Waals surface area contributed by atoms with Crippen LogP contribution in [0.1, 0.15) is 10.4 Å². The van der Waals surface area contributed by atoms with Gasteiger partial charge in [0, 0.05) is 23.6 Å². The van der Waals surface area contributed by atoms with E-state index < -0.39 is 0 Å². The molecule has 0 unspecified atom stereocenters. The molecule has 0 radical (unpaired) electrons. The Labute approximate surface area is 131 Å². The van der Waals surface area contributed by atoms with Gasteiger partial charge in [-0.3, -0.25) is 9.78 Å². The molecule has 0 bridgehead atoms. The first-order chi connectivity index (χ1) is 10.8. The van der Waals surface area contributed by atoms with E-state index in [0.29, 0.717) is 22.4 Å². The van der Waals surface area contributed by atoms with Gasteiger partial charge in [0.1, 0.15) is 0 Å². The molecule has 1 aromatic carbocycles. The highest BCUT2D eigenvalue weighted by Gasteiger charge is 2.09. The molecule has 0 atom stereocenters. The summed E-state index contributed by atoms with van der Waals surface area (Å²) in [5.41, 5.74) is 1.99. The lowest BCUT2D eigenvalue weighted by atomic mass is 10.2. The lowest BCUT2D eigenvalue weighted by Crippen LogP contribution is -2.11. The van der Waals surface area contributed by atoms with Crippen molar-refractivity contribution in [2.75, 3.05) is 11.6 Å². The van der Waals surface area contributed by atoms with E-state index in [1.807, 2.05) is 18.4 Å². The number of hydrogen-bond acceptors (Lipinski definition) is 6. The van der Waals surface area contributed by atoms with Crippen molar-refractivity contribution in [3.05, 3.63) is 54.4 Å². The van der Waals surface area contributed by atoms with Gasteiger partial charge in [0.15, 0.2) is 0 Å². The number of carbonyl (C=O) groups is 1. The third-order valence-corrected chi connectivity index (χ3v) is 3.41. The smallest absolute Gasteiger partial charge is 0.276 e. The second-order valence-corrected chi connectivity index (χ2v) is 5.11. The maximum Gasteiger partial charge on any atom is 0.276 e. The SMILES string of the molecule is CSc1nnc(-c2ccc(NC(=O)c3cccnc3)cc2)o1. The Hall–Kier alpha value is -2.67. The maximum atomic E-state index is 12.0. The average molecular weight is 312 g/mol. The van der Waals surface area contributed by atoms with Crippen LogP contribution in [0.2, 0.25) is 0 Å². The van der Waals surface area contributed by atoms with Gasteiger partial charge >= 0.3 is 0 Å². The number of hydrogen-bond donors (Lipinski definition) is 1. The number of carbonyl (C=O) groups excluding carboxylic acids is 1. The number of anilines is 1. The van der Waals surface area contributed by atoms with E-state index in [9.17, 15) is 4.79 Å². The molecule has 2 heterocycles. The van der Waals surface area contributed by atoms with Gasteiger partial charge in [0.2, 0.25) is 5.89 Å². The van der Waals surface area contributed by atoms with Gasteiger partial charge in [-0.15, -0.1) is 10.2 Å². The summed E-state index contributed by atoms with van der Waals surface area (Å²) in [6.07, 6.45) is 5.01. The molecule has 0 saturated carbocycles. The van der Waals surface area contributed by atoms with Crippen LogP contribution in [0.5, 0.6) is 0 Å². The van der Waals surface area contributed by atoms with Gasteiger partial charge in [-0.25, -0.2) is 0 Å². The number of nitrogens with zero attached hydrogens (tertiary/aromatic N) is 3. The second kappa shape index (κ2) is 6.40. The van der Waals surface area contributed by atoms with Crippen LogP contribution in [0.25, 0.3) is 11.5 Å². The first kappa shape index (κ1) is 14.3. The first-order valence-corrected chi connectivity index (χ1v) is 7.68. The van der Waals surface area contributed by atoms with E-state index in [4.69, 9.17) is 4.42 Å². The minimum absolute atomic E-state index is 0.205. The minimum atomic E-state index is -0.205. The first-order valence-electron chi connectivity index (χ1n) is 6.45. The molecular formula is C15H12N4O2S. The Balaban J connectivity index is 1.73. The molecule has 2 aromatic heterocycles. The lowest BCUT2D eigenvalue weighted by Gasteiger charge is -2.05. The van der Waals surface area contributed by atoms with Crippen molar-refractivity contribution in [1.29, 1.82) is 0 Å². The molecular weight excluding hydrogens is 300 g/mol. The zero-order valence-electron chi connectivity index (χ0n) is 11.7. The van der Waals surface area contributed by atoms with E-state index in [2.05, 4.69) is 20.5 Å². The van der Waals surface area contributed by atoms with Gasteiger partial charge in [-0.2, -0.15) is 0 Å². The number of benzene rings is 1. The predicted octanol–water partition coefficient (Wildman–Crippen LogP) is 3.11. The molecule has 22 heavy (non-hydrogen) atoms. The van der Waals surface area contributed by atoms with Crippen molar-refractivity contribution < 1.29 is 9.21 Å². The summed E-state index contributed by atoms with van der Waals surface area (Å²) < 4.78 is 5.45. The van der Waals surface area contributed by atoms with Crippen LogP contribution < -0.4 is 5.32 Å². The zero-order valence-corrected chi connectivity index (χ0v) is 12.5. The van der Waals surface area contributed by atoms with Crippen LogP contribution in [-0.2, 0) is 0 Å². The van der Waals surface area contributed by atoms with Gasteiger partial charge in [0.25, 0.3) is 11.1 Å². The molecule has 1 amide bonds. The predicted molar refractivity (Wildman–Crippen MR) is 83.7 cm³/mol. The van der Waals surface area contributed by atoms with Crippen LogP contribution in [0.15, 0.2) is 58.4 Å². The van der Waals surface area contributed by atoms with Crippen LogP contribution >= 0.6 is 11.8 Å². The fourth-order valence-corrected chi connectivity index (χ4v) is 2.09. The van der Waals surface area contributed by atoms with Crippen molar-refractivity contribution in [3.8, 4) is 11.5 Å². The number of nitrogens with one attached hydrogen (secondary N) is 1. The standard InChI is InChI=1S/C15H12N4O2S/c1-22-15-19-18-14(21-15)10-4-6-12(7-5-10)17-13(20)11-3-2-8-16-9-11/h2-9H,1H3,(H,17,20). The third kappa shape index (κ3) is 3.15. The van der Waals surface area contributed by atoms with Gasteiger partial charge < -0.3 is 9.73 Å². The zero-order chi connectivity index (χ0) is 15.4. The Bertz CT molecular complexity index is 772. The highest BCUT2D eigenvalue weighted by atomic mass is 32.2.